The first-order valence-corrected chi connectivity index (χ1v) is 7.26. The minimum Gasteiger partial charge on any atom is -0.377 e. The van der Waals surface area contributed by atoms with Crippen molar-refractivity contribution >= 4 is 28.6 Å². The summed E-state index contributed by atoms with van der Waals surface area (Å²) in [6.07, 6.45) is 0. The van der Waals surface area contributed by atoms with Crippen molar-refractivity contribution in [1.82, 2.24) is 4.98 Å². The predicted molar refractivity (Wildman–Crippen MR) is 79.6 cm³/mol. The zero-order chi connectivity index (χ0) is 14.0. The van der Waals surface area contributed by atoms with Crippen LogP contribution in [-0.4, -0.2) is 4.98 Å². The third-order valence-corrected chi connectivity index (χ3v) is 4.14. The maximum atomic E-state index is 13.6. The van der Waals surface area contributed by atoms with Crippen LogP contribution in [0.25, 0.3) is 0 Å². The van der Waals surface area contributed by atoms with Gasteiger partial charge in [0.15, 0.2) is 0 Å². The fourth-order valence-corrected chi connectivity index (χ4v) is 2.62. The number of nitrogens with one attached hydrogen (secondary N) is 1. The van der Waals surface area contributed by atoms with Crippen LogP contribution in [0.2, 0.25) is 5.02 Å². The Bertz CT molecular complexity index is 575. The molecule has 1 N–H and O–H groups in total. The summed E-state index contributed by atoms with van der Waals surface area (Å²) in [6.45, 7) is 6.89. The summed E-state index contributed by atoms with van der Waals surface area (Å²) in [5.41, 5.74) is 1.41. The largest absolute Gasteiger partial charge is 0.377 e. The van der Waals surface area contributed by atoms with Gasteiger partial charge in [0.05, 0.1) is 22.9 Å². The van der Waals surface area contributed by atoms with Crippen LogP contribution in [-0.2, 0) is 12.0 Å². The van der Waals surface area contributed by atoms with E-state index in [4.69, 9.17) is 11.6 Å². The number of anilines is 1. The molecule has 0 atom stereocenters. The third-order valence-electron chi connectivity index (χ3n) is 2.58. The number of aromatic nitrogens is 1. The molecule has 0 radical (unpaired) electrons. The first-order valence-electron chi connectivity index (χ1n) is 6.00. The van der Waals surface area contributed by atoms with E-state index in [0.29, 0.717) is 17.3 Å². The molecule has 2 rings (SSSR count). The Morgan fingerprint density at radius 3 is 2.68 bits per heavy atom. The molecule has 1 aromatic heterocycles. The fraction of sp³-hybridized carbons (Fsp3) is 0.357. The van der Waals surface area contributed by atoms with E-state index in [9.17, 15) is 4.39 Å². The molecule has 0 bridgehead atoms. The van der Waals surface area contributed by atoms with Gasteiger partial charge in [0.1, 0.15) is 5.82 Å². The number of hydrogen-bond acceptors (Lipinski definition) is 3. The zero-order valence-electron chi connectivity index (χ0n) is 11.1. The minimum atomic E-state index is -0.348. The topological polar surface area (TPSA) is 24.9 Å². The summed E-state index contributed by atoms with van der Waals surface area (Å²) >= 11 is 7.34. The highest BCUT2D eigenvalue weighted by Gasteiger charge is 2.17. The van der Waals surface area contributed by atoms with Crippen LogP contribution in [0.15, 0.2) is 23.6 Å². The molecule has 0 amide bonds. The number of halogens is 2. The van der Waals surface area contributed by atoms with Crippen molar-refractivity contribution in [3.63, 3.8) is 0 Å². The Morgan fingerprint density at radius 2 is 2.11 bits per heavy atom. The van der Waals surface area contributed by atoms with Crippen LogP contribution in [0.4, 0.5) is 10.1 Å². The van der Waals surface area contributed by atoms with Gasteiger partial charge in [-0.25, -0.2) is 9.37 Å². The monoisotopic (exact) mass is 298 g/mol. The van der Waals surface area contributed by atoms with Gasteiger partial charge in [-0.2, -0.15) is 0 Å². The van der Waals surface area contributed by atoms with Crippen LogP contribution in [0.1, 0.15) is 31.5 Å². The molecule has 1 aromatic carbocycles. The van der Waals surface area contributed by atoms with Crippen molar-refractivity contribution in [3.8, 4) is 0 Å². The standard InChI is InChI=1S/C14H16ClFN2S/c1-14(2,3)13-18-10(8-19-13)7-17-12-5-4-9(15)6-11(12)16/h4-6,8,17H,7H2,1-3H3. The third kappa shape index (κ3) is 3.67. The molecule has 0 saturated heterocycles. The molecule has 0 saturated carbocycles. The van der Waals surface area contributed by atoms with E-state index in [1.54, 1.807) is 23.5 Å². The Labute approximate surface area is 121 Å². The second kappa shape index (κ2) is 5.47. The van der Waals surface area contributed by atoms with Gasteiger partial charge in [0.25, 0.3) is 0 Å². The van der Waals surface area contributed by atoms with Crippen molar-refractivity contribution in [2.24, 2.45) is 0 Å². The van der Waals surface area contributed by atoms with Crippen molar-refractivity contribution in [1.29, 1.82) is 0 Å². The normalized spacial score (nSPS) is 11.6. The van der Waals surface area contributed by atoms with Crippen molar-refractivity contribution in [2.75, 3.05) is 5.32 Å². The number of thiazole rings is 1. The van der Waals surface area contributed by atoms with Gasteiger partial charge in [-0.05, 0) is 18.2 Å². The van der Waals surface area contributed by atoms with Crippen LogP contribution >= 0.6 is 22.9 Å². The van der Waals surface area contributed by atoms with Gasteiger partial charge in [0.2, 0.25) is 0 Å². The fourth-order valence-electron chi connectivity index (χ4n) is 1.55. The second-order valence-electron chi connectivity index (χ2n) is 5.37. The Balaban J connectivity index is 2.04. The highest BCUT2D eigenvalue weighted by molar-refractivity contribution is 7.09. The summed E-state index contributed by atoms with van der Waals surface area (Å²) in [4.78, 5) is 4.55. The highest BCUT2D eigenvalue weighted by atomic mass is 35.5. The molecule has 1 heterocycles. The van der Waals surface area contributed by atoms with Gasteiger partial charge < -0.3 is 5.32 Å². The lowest BCUT2D eigenvalue weighted by Crippen LogP contribution is -2.11. The van der Waals surface area contributed by atoms with Gasteiger partial charge in [0, 0.05) is 15.8 Å². The average Bonchev–Trinajstić information content (AvgIpc) is 2.76. The van der Waals surface area contributed by atoms with Gasteiger partial charge in [-0.3, -0.25) is 0 Å². The van der Waals surface area contributed by atoms with E-state index in [1.807, 2.05) is 5.38 Å². The summed E-state index contributed by atoms with van der Waals surface area (Å²) in [7, 11) is 0. The van der Waals surface area contributed by atoms with Gasteiger partial charge >= 0.3 is 0 Å². The maximum absolute atomic E-state index is 13.6. The zero-order valence-corrected chi connectivity index (χ0v) is 12.7. The lowest BCUT2D eigenvalue weighted by molar-refractivity contribution is 0.583. The van der Waals surface area contributed by atoms with Gasteiger partial charge in [-0.15, -0.1) is 11.3 Å². The van der Waals surface area contributed by atoms with Gasteiger partial charge in [-0.1, -0.05) is 32.4 Å². The lowest BCUT2D eigenvalue weighted by atomic mass is 9.98. The highest BCUT2D eigenvalue weighted by Crippen LogP contribution is 2.26. The molecular weight excluding hydrogens is 283 g/mol. The number of nitrogens with zero attached hydrogens (tertiary/aromatic N) is 1. The molecule has 19 heavy (non-hydrogen) atoms. The van der Waals surface area contributed by atoms with Crippen LogP contribution in [0.5, 0.6) is 0 Å². The summed E-state index contributed by atoms with van der Waals surface area (Å²) in [5, 5.41) is 6.51. The molecule has 2 aromatic rings. The number of benzene rings is 1. The SMILES string of the molecule is CC(C)(C)c1nc(CNc2ccc(Cl)cc2F)cs1. The van der Waals surface area contributed by atoms with Crippen LogP contribution in [0.3, 0.4) is 0 Å². The second-order valence-corrected chi connectivity index (χ2v) is 6.67. The van der Waals surface area contributed by atoms with Crippen LogP contribution in [0, 0.1) is 5.82 Å². The molecule has 0 aliphatic carbocycles. The summed E-state index contributed by atoms with van der Waals surface area (Å²) in [5.74, 6) is -0.348. The summed E-state index contributed by atoms with van der Waals surface area (Å²) in [6, 6.07) is 4.59. The first-order chi connectivity index (χ1) is 8.86. The average molecular weight is 299 g/mol. The molecule has 2 nitrogen and oxygen atoms in total. The van der Waals surface area contributed by atoms with E-state index in [0.717, 1.165) is 10.7 Å². The van der Waals surface area contributed by atoms with Crippen molar-refractivity contribution < 1.29 is 4.39 Å². The van der Waals surface area contributed by atoms with Crippen LogP contribution < -0.4 is 5.32 Å². The summed E-state index contributed by atoms with van der Waals surface area (Å²) < 4.78 is 13.6. The quantitative estimate of drug-likeness (QED) is 0.876. The van der Waals surface area contributed by atoms with E-state index >= 15 is 0 Å². The number of hydrogen-bond donors (Lipinski definition) is 1. The molecular formula is C14H16ClFN2S. The van der Waals surface area contributed by atoms with Crippen molar-refractivity contribution in [3.05, 3.63) is 45.1 Å². The molecule has 0 unspecified atom stereocenters. The molecule has 0 aliphatic heterocycles. The Morgan fingerprint density at radius 1 is 1.37 bits per heavy atom. The van der Waals surface area contributed by atoms with E-state index < -0.39 is 0 Å². The minimum absolute atomic E-state index is 0.0500. The molecule has 5 heteroatoms. The molecule has 0 aliphatic rings. The maximum Gasteiger partial charge on any atom is 0.147 e. The first kappa shape index (κ1) is 14.3. The molecule has 0 spiro atoms. The predicted octanol–water partition coefficient (Wildman–Crippen LogP) is 4.85. The van der Waals surface area contributed by atoms with Crippen molar-refractivity contribution in [2.45, 2.75) is 32.7 Å². The Hall–Kier alpha value is -1.13. The lowest BCUT2D eigenvalue weighted by Gasteiger charge is -2.13. The van der Waals surface area contributed by atoms with E-state index in [1.165, 1.54) is 6.07 Å². The van der Waals surface area contributed by atoms with E-state index in [-0.39, 0.29) is 11.2 Å². The smallest absolute Gasteiger partial charge is 0.147 e. The molecule has 0 fully saturated rings. The van der Waals surface area contributed by atoms with E-state index in [2.05, 4.69) is 31.1 Å². The Kier molecular flexibility index (Phi) is 4.11. The number of rotatable bonds is 3. The molecule has 102 valence electrons.